The van der Waals surface area contributed by atoms with E-state index in [1.54, 1.807) is 0 Å². The molecule has 0 radical (unpaired) electrons. The van der Waals surface area contributed by atoms with Crippen LogP contribution >= 0.6 is 0 Å². The molecular formula is C47H74O18. The van der Waals surface area contributed by atoms with Crippen molar-refractivity contribution in [1.29, 1.82) is 0 Å². The second-order valence-corrected chi connectivity index (χ2v) is 23.1. The summed E-state index contributed by atoms with van der Waals surface area (Å²) in [5.74, 6) is -1.77. The van der Waals surface area contributed by atoms with Crippen molar-refractivity contribution >= 4 is 11.9 Å². The summed E-state index contributed by atoms with van der Waals surface area (Å²) in [7, 11) is 0. The van der Waals surface area contributed by atoms with Gasteiger partial charge in [0.2, 0.25) is 6.29 Å². The molecule has 10 N–H and O–H groups in total. The summed E-state index contributed by atoms with van der Waals surface area (Å²) in [6.07, 6.45) is -13.6. The van der Waals surface area contributed by atoms with Crippen LogP contribution in [0.5, 0.6) is 0 Å². The molecule has 18 heteroatoms. The molecule has 8 rings (SSSR count). The molecule has 0 aromatic heterocycles. The number of rotatable bonds is 8. The van der Waals surface area contributed by atoms with Gasteiger partial charge in [-0.1, -0.05) is 60.1 Å². The molecule has 22 atom stereocenters. The van der Waals surface area contributed by atoms with E-state index in [0.717, 1.165) is 44.9 Å². The van der Waals surface area contributed by atoms with E-state index in [0.29, 0.717) is 19.3 Å². The van der Waals surface area contributed by atoms with Crippen LogP contribution in [0.15, 0.2) is 11.6 Å². The summed E-state index contributed by atoms with van der Waals surface area (Å²) < 4.78 is 34.9. The van der Waals surface area contributed by atoms with Crippen molar-refractivity contribution in [2.45, 2.75) is 205 Å². The molecule has 0 aromatic rings. The van der Waals surface area contributed by atoms with E-state index < -0.39 is 128 Å². The van der Waals surface area contributed by atoms with Gasteiger partial charge in [-0.25, -0.2) is 4.79 Å². The molecule has 3 heterocycles. The van der Waals surface area contributed by atoms with Gasteiger partial charge < -0.3 is 79.5 Å². The van der Waals surface area contributed by atoms with Gasteiger partial charge >= 0.3 is 11.9 Å². The largest absolute Gasteiger partial charge is 0.479 e. The predicted octanol–water partition coefficient (Wildman–Crippen LogP) is 0.872. The van der Waals surface area contributed by atoms with E-state index in [-0.39, 0.29) is 39.4 Å². The summed E-state index contributed by atoms with van der Waals surface area (Å²) in [5, 5.41) is 105. The van der Waals surface area contributed by atoms with Crippen LogP contribution in [-0.2, 0) is 38.0 Å². The van der Waals surface area contributed by atoms with Gasteiger partial charge in [-0.2, -0.15) is 0 Å². The minimum absolute atomic E-state index is 0.0646. The maximum Gasteiger partial charge on any atom is 0.335 e. The number of hydrogen-bond donors (Lipinski definition) is 10. The van der Waals surface area contributed by atoms with E-state index in [1.165, 1.54) is 5.57 Å². The summed E-state index contributed by atoms with van der Waals surface area (Å²) >= 11 is 0. The Morgan fingerprint density at radius 3 is 2.05 bits per heavy atom. The Morgan fingerprint density at radius 2 is 1.37 bits per heavy atom. The highest BCUT2D eigenvalue weighted by molar-refractivity contribution is 5.79. The van der Waals surface area contributed by atoms with Gasteiger partial charge in [0.05, 0.1) is 24.7 Å². The number of carbonyl (C=O) groups excluding carboxylic acids is 1. The average molecular weight is 927 g/mol. The molecule has 7 fully saturated rings. The molecule has 0 amide bonds. The molecule has 3 aliphatic heterocycles. The number of carbonyl (C=O) groups is 2. The minimum atomic E-state index is -1.84. The normalized spacial score (nSPS) is 52.7. The van der Waals surface area contributed by atoms with Gasteiger partial charge in [0, 0.05) is 0 Å². The van der Waals surface area contributed by atoms with Gasteiger partial charge in [0.15, 0.2) is 18.7 Å². The van der Waals surface area contributed by atoms with Crippen molar-refractivity contribution in [2.75, 3.05) is 13.2 Å². The fourth-order valence-electron chi connectivity index (χ4n) is 14.7. The minimum Gasteiger partial charge on any atom is -0.479 e. The first-order valence-corrected chi connectivity index (χ1v) is 23.7. The highest BCUT2D eigenvalue weighted by Gasteiger charge is 2.70. The quantitative estimate of drug-likeness (QED) is 0.0918. The standard InChI is InChI=1S/C47H74O18/c1-42(2)14-16-47(41(59)65-39-33(55)30(52)29(51)24(19-48)61-39)17-15-45(6)21(22(47)18-42)8-9-26-44(5)12-11-27(43(3,4)25(44)10-13-46(26,45)7)62-40-34(56)31(53)35(36(64-40)37(57)58)63-38-32(54)28(50)23(49)20-60-38/h8,22-36,38-40,48-56H,9-20H2,1-7H3,(H,57,58)/t22-,23-,24+,25-,26+,27-,28-,29+,30-,31+,32+,33+,34+,35-,36-,38-,39-,40+,44-,45+,46+,47-/m0/s1. The van der Waals surface area contributed by atoms with Crippen molar-refractivity contribution in [3.05, 3.63) is 11.6 Å². The second-order valence-electron chi connectivity index (χ2n) is 23.1. The van der Waals surface area contributed by atoms with Gasteiger partial charge in [-0.3, -0.25) is 4.79 Å². The first-order valence-electron chi connectivity index (χ1n) is 23.7. The van der Waals surface area contributed by atoms with E-state index in [9.17, 15) is 60.7 Å². The molecule has 3 saturated heterocycles. The summed E-state index contributed by atoms with van der Waals surface area (Å²) in [6, 6.07) is 0. The molecule has 65 heavy (non-hydrogen) atoms. The Balaban J connectivity index is 1.01. The van der Waals surface area contributed by atoms with Crippen LogP contribution in [0, 0.1) is 50.2 Å². The van der Waals surface area contributed by atoms with Crippen molar-refractivity contribution in [2.24, 2.45) is 50.2 Å². The number of hydrogen-bond acceptors (Lipinski definition) is 17. The van der Waals surface area contributed by atoms with Crippen LogP contribution in [0.3, 0.4) is 0 Å². The Bertz CT molecular complexity index is 1820. The zero-order chi connectivity index (χ0) is 47.6. The van der Waals surface area contributed by atoms with Crippen molar-refractivity contribution in [1.82, 2.24) is 0 Å². The number of aliphatic hydroxyl groups is 9. The Labute approximate surface area is 380 Å². The number of esters is 1. The zero-order valence-electron chi connectivity index (χ0n) is 38.7. The molecule has 0 bridgehead atoms. The van der Waals surface area contributed by atoms with E-state index >= 15 is 0 Å². The van der Waals surface area contributed by atoms with Crippen molar-refractivity contribution < 1.29 is 89.1 Å². The Kier molecular flexibility index (Phi) is 13.1. The first kappa shape index (κ1) is 49.5. The maximum atomic E-state index is 14.6. The third-order valence-electron chi connectivity index (χ3n) is 18.9. The van der Waals surface area contributed by atoms with Crippen LogP contribution in [0.2, 0.25) is 0 Å². The van der Waals surface area contributed by atoms with Crippen molar-refractivity contribution in [3.63, 3.8) is 0 Å². The van der Waals surface area contributed by atoms with Crippen LogP contribution in [-0.4, -0.2) is 168 Å². The lowest BCUT2D eigenvalue weighted by Gasteiger charge is -2.71. The lowest BCUT2D eigenvalue weighted by Crippen LogP contribution is -2.67. The predicted molar refractivity (Wildman–Crippen MR) is 225 cm³/mol. The summed E-state index contributed by atoms with van der Waals surface area (Å²) in [4.78, 5) is 27.2. The van der Waals surface area contributed by atoms with Gasteiger partial charge in [-0.15, -0.1) is 0 Å². The lowest BCUT2D eigenvalue weighted by atomic mass is 9.33. The topological polar surface area (TPSA) is 292 Å². The van der Waals surface area contributed by atoms with Gasteiger partial charge in [-0.05, 0) is 109 Å². The van der Waals surface area contributed by atoms with E-state index in [4.69, 9.17) is 28.4 Å². The highest BCUT2D eigenvalue weighted by Crippen LogP contribution is 2.76. The smallest absolute Gasteiger partial charge is 0.335 e. The number of aliphatic carboxylic acids is 1. The molecule has 5 aliphatic carbocycles. The number of allylic oxidation sites excluding steroid dienone is 2. The van der Waals surface area contributed by atoms with Gasteiger partial charge in [0.25, 0.3) is 0 Å². The summed E-state index contributed by atoms with van der Waals surface area (Å²) in [6.45, 7) is 14.9. The average Bonchev–Trinajstić information content (AvgIpc) is 3.24. The Morgan fingerprint density at radius 1 is 0.708 bits per heavy atom. The fraction of sp³-hybridized carbons (Fsp3) is 0.915. The second kappa shape index (κ2) is 17.2. The van der Waals surface area contributed by atoms with E-state index in [1.807, 2.05) is 0 Å². The number of fused-ring (bicyclic) bond motifs is 7. The lowest BCUT2D eigenvalue weighted by molar-refractivity contribution is -0.354. The van der Waals surface area contributed by atoms with Crippen LogP contribution < -0.4 is 0 Å². The van der Waals surface area contributed by atoms with Gasteiger partial charge in [0.1, 0.15) is 61.0 Å². The molecule has 18 nitrogen and oxygen atoms in total. The number of ether oxygens (including phenoxy) is 6. The first-order chi connectivity index (χ1) is 30.3. The fourth-order valence-corrected chi connectivity index (χ4v) is 14.7. The zero-order valence-corrected chi connectivity index (χ0v) is 38.7. The molecule has 0 unspecified atom stereocenters. The molecule has 0 spiro atoms. The third-order valence-corrected chi connectivity index (χ3v) is 18.9. The van der Waals surface area contributed by atoms with Crippen molar-refractivity contribution in [3.8, 4) is 0 Å². The molecular weight excluding hydrogens is 852 g/mol. The van der Waals surface area contributed by atoms with Crippen LogP contribution in [0.25, 0.3) is 0 Å². The molecule has 8 aliphatic rings. The summed E-state index contributed by atoms with van der Waals surface area (Å²) in [5.41, 5.74) is -0.801. The number of aliphatic hydroxyl groups excluding tert-OH is 9. The highest BCUT2D eigenvalue weighted by atomic mass is 16.7. The molecule has 0 aromatic carbocycles. The maximum absolute atomic E-state index is 14.6. The van der Waals surface area contributed by atoms with E-state index in [2.05, 4.69) is 54.5 Å². The number of carboxylic acid groups (broad SMARTS) is 1. The molecule has 370 valence electrons. The van der Waals surface area contributed by atoms with Crippen LogP contribution in [0.4, 0.5) is 0 Å². The monoisotopic (exact) mass is 926 g/mol. The molecule has 4 saturated carbocycles. The van der Waals surface area contributed by atoms with Crippen LogP contribution in [0.1, 0.15) is 113 Å². The Hall–Kier alpha value is -1.88. The third kappa shape index (κ3) is 7.76. The number of carboxylic acids is 1. The SMILES string of the molecule is CC1(C)CC[C@]2(C(=O)O[C@@H]3O[C@H](CO)[C@@H](O)[C@H](O)[C@H]3O)CC[C@]3(C)C(=CC[C@@H]4[C@@]5(C)CC[C@H](O[C@@H]6O[C@H](C(=O)O)[C@@H](O[C@@H]7OC[C@H](O)[C@H](O)[C@H]7O)[C@H](O)[C@H]6O)C(C)(C)[C@@H]5CC[C@]43C)[C@@H]2C1.